The van der Waals surface area contributed by atoms with Gasteiger partial charge in [0.2, 0.25) is 5.91 Å². The molecule has 8 nitrogen and oxygen atoms in total. The summed E-state index contributed by atoms with van der Waals surface area (Å²) in [5, 5.41) is 17.8. The van der Waals surface area contributed by atoms with Gasteiger partial charge in [0.25, 0.3) is 11.8 Å². The summed E-state index contributed by atoms with van der Waals surface area (Å²) in [5.74, 6) is -0.623. The Morgan fingerprint density at radius 3 is 2.32 bits per heavy atom. The normalized spacial score (nSPS) is 17.1. The number of halogens is 1. The topological polar surface area (TPSA) is 108 Å². The average molecular weight is 638 g/mol. The molecule has 0 spiro atoms. The van der Waals surface area contributed by atoms with E-state index < -0.39 is 34.7 Å². The first-order valence-electron chi connectivity index (χ1n) is 14.5. The van der Waals surface area contributed by atoms with Crippen molar-refractivity contribution in [3.8, 4) is 5.75 Å². The highest BCUT2D eigenvalue weighted by atomic mass is 35.5. The molecule has 0 aromatic heterocycles. The van der Waals surface area contributed by atoms with Crippen LogP contribution in [0.2, 0.25) is 5.02 Å². The van der Waals surface area contributed by atoms with Crippen LogP contribution in [0.3, 0.4) is 0 Å². The first-order valence-corrected chi connectivity index (χ1v) is 15.9. The van der Waals surface area contributed by atoms with Gasteiger partial charge in [0.1, 0.15) is 11.8 Å². The summed E-state index contributed by atoms with van der Waals surface area (Å²) in [5.41, 5.74) is 4.46. The molecule has 0 unspecified atom stereocenters. The van der Waals surface area contributed by atoms with E-state index in [1.54, 1.807) is 12.1 Å². The van der Waals surface area contributed by atoms with Gasteiger partial charge in [-0.15, -0.1) is 11.8 Å². The van der Waals surface area contributed by atoms with Crippen LogP contribution in [0, 0.1) is 20.8 Å². The molecular weight excluding hydrogens is 598 g/mol. The van der Waals surface area contributed by atoms with Crippen molar-refractivity contribution < 1.29 is 24.2 Å². The zero-order valence-electron chi connectivity index (χ0n) is 25.7. The second kappa shape index (κ2) is 14.5. The lowest BCUT2D eigenvalue weighted by atomic mass is 9.97. The molecule has 0 bridgehead atoms. The first-order chi connectivity index (χ1) is 20.9. The quantitative estimate of drug-likeness (QED) is 0.281. The second-order valence-electron chi connectivity index (χ2n) is 11.7. The van der Waals surface area contributed by atoms with E-state index in [4.69, 9.17) is 16.3 Å². The van der Waals surface area contributed by atoms with Crippen molar-refractivity contribution in [2.75, 3.05) is 12.5 Å². The van der Waals surface area contributed by atoms with Crippen LogP contribution in [0.4, 0.5) is 0 Å². The van der Waals surface area contributed by atoms with Gasteiger partial charge < -0.3 is 25.4 Å². The molecule has 1 aliphatic heterocycles. The lowest BCUT2D eigenvalue weighted by Crippen LogP contribution is -2.59. The number of aliphatic hydroxyl groups is 1. The van der Waals surface area contributed by atoms with E-state index >= 15 is 0 Å². The van der Waals surface area contributed by atoms with Crippen molar-refractivity contribution in [1.29, 1.82) is 0 Å². The summed E-state index contributed by atoms with van der Waals surface area (Å²) in [4.78, 5) is 41.9. The minimum atomic E-state index is -1.60. The van der Waals surface area contributed by atoms with E-state index in [1.807, 2.05) is 89.2 Å². The minimum Gasteiger partial charge on any atom is -0.483 e. The SMILES string of the molecule is Cc1ccccc1CNC(=O)[C@H]1N(C(=O)[C@@H](O)[C@H](Cc2ccccc2)NC(=O)COc2c(C)cc(Cl)cc2C)CSC1(C)C. The maximum absolute atomic E-state index is 13.9. The van der Waals surface area contributed by atoms with E-state index in [0.29, 0.717) is 17.3 Å². The van der Waals surface area contributed by atoms with E-state index in [1.165, 1.54) is 16.7 Å². The lowest BCUT2D eigenvalue weighted by molar-refractivity contribution is -0.148. The molecule has 234 valence electrons. The predicted molar refractivity (Wildman–Crippen MR) is 175 cm³/mol. The summed E-state index contributed by atoms with van der Waals surface area (Å²) < 4.78 is 5.23. The van der Waals surface area contributed by atoms with Crippen molar-refractivity contribution in [3.05, 3.63) is 99.6 Å². The molecule has 10 heteroatoms. The van der Waals surface area contributed by atoms with Crippen LogP contribution in [0.1, 0.15) is 41.7 Å². The van der Waals surface area contributed by atoms with Gasteiger partial charge in [-0.1, -0.05) is 66.2 Å². The summed E-state index contributed by atoms with van der Waals surface area (Å²) in [7, 11) is 0. The highest BCUT2D eigenvalue weighted by Crippen LogP contribution is 2.40. The highest BCUT2D eigenvalue weighted by molar-refractivity contribution is 8.00. The monoisotopic (exact) mass is 637 g/mol. The summed E-state index contributed by atoms with van der Waals surface area (Å²) in [6.07, 6.45) is -1.40. The number of benzene rings is 3. The Hall–Kier alpha value is -3.53. The van der Waals surface area contributed by atoms with Gasteiger partial charge in [0, 0.05) is 16.3 Å². The van der Waals surface area contributed by atoms with E-state index in [2.05, 4.69) is 10.6 Å². The van der Waals surface area contributed by atoms with E-state index in [9.17, 15) is 19.5 Å². The smallest absolute Gasteiger partial charge is 0.258 e. The number of aryl methyl sites for hydroxylation is 3. The fourth-order valence-corrected chi connectivity index (χ4v) is 6.93. The average Bonchev–Trinajstić information content (AvgIpc) is 3.30. The number of nitrogens with zero attached hydrogens (tertiary/aromatic N) is 1. The van der Waals surface area contributed by atoms with E-state index in [-0.39, 0.29) is 24.8 Å². The maximum atomic E-state index is 13.9. The molecule has 1 heterocycles. The molecule has 4 rings (SSSR count). The van der Waals surface area contributed by atoms with Crippen molar-refractivity contribution in [2.24, 2.45) is 0 Å². The number of rotatable bonds is 11. The third-order valence-corrected chi connectivity index (χ3v) is 9.44. The van der Waals surface area contributed by atoms with Crippen molar-refractivity contribution in [1.82, 2.24) is 15.5 Å². The van der Waals surface area contributed by atoms with Crippen LogP contribution < -0.4 is 15.4 Å². The number of nitrogens with one attached hydrogen (secondary N) is 2. The van der Waals surface area contributed by atoms with Crippen LogP contribution in [0.15, 0.2) is 66.7 Å². The van der Waals surface area contributed by atoms with Gasteiger partial charge in [-0.2, -0.15) is 0 Å². The molecule has 44 heavy (non-hydrogen) atoms. The Morgan fingerprint density at radius 2 is 1.66 bits per heavy atom. The Bertz CT molecular complexity index is 1480. The molecule has 1 saturated heterocycles. The maximum Gasteiger partial charge on any atom is 0.258 e. The summed E-state index contributed by atoms with van der Waals surface area (Å²) >= 11 is 7.59. The molecule has 0 aliphatic carbocycles. The predicted octanol–water partition coefficient (Wildman–Crippen LogP) is 4.73. The lowest BCUT2D eigenvalue weighted by Gasteiger charge is -2.33. The zero-order chi connectivity index (χ0) is 32.0. The fraction of sp³-hybridized carbons (Fsp3) is 0.382. The Balaban J connectivity index is 1.49. The second-order valence-corrected chi connectivity index (χ2v) is 13.7. The van der Waals surface area contributed by atoms with Crippen LogP contribution in [0.5, 0.6) is 5.75 Å². The Kier molecular flexibility index (Phi) is 11.0. The molecule has 0 radical (unpaired) electrons. The number of ether oxygens (including phenoxy) is 1. The van der Waals surface area contributed by atoms with Crippen LogP contribution >= 0.6 is 23.4 Å². The molecule has 1 aliphatic rings. The number of carbonyl (C=O) groups excluding carboxylic acids is 3. The van der Waals surface area contributed by atoms with Crippen LogP contribution in [-0.2, 0) is 27.3 Å². The fourth-order valence-electron chi connectivity index (χ4n) is 5.46. The molecule has 3 N–H and O–H groups in total. The van der Waals surface area contributed by atoms with E-state index in [0.717, 1.165) is 27.8 Å². The molecule has 3 amide bonds. The van der Waals surface area contributed by atoms with Gasteiger partial charge in [-0.25, -0.2) is 0 Å². The zero-order valence-corrected chi connectivity index (χ0v) is 27.3. The summed E-state index contributed by atoms with van der Waals surface area (Å²) in [6, 6.07) is 18.8. The van der Waals surface area contributed by atoms with Gasteiger partial charge >= 0.3 is 0 Å². The van der Waals surface area contributed by atoms with Gasteiger partial charge in [-0.05, 0) is 81.0 Å². The van der Waals surface area contributed by atoms with Crippen molar-refractivity contribution in [2.45, 2.75) is 70.5 Å². The molecule has 3 aromatic carbocycles. The van der Waals surface area contributed by atoms with Crippen LogP contribution in [0.25, 0.3) is 0 Å². The highest BCUT2D eigenvalue weighted by Gasteiger charge is 2.49. The largest absolute Gasteiger partial charge is 0.483 e. The number of aliphatic hydroxyl groups excluding tert-OH is 1. The van der Waals surface area contributed by atoms with Gasteiger partial charge in [-0.3, -0.25) is 14.4 Å². The molecule has 3 atom stereocenters. The molecule has 0 saturated carbocycles. The van der Waals surface area contributed by atoms with Crippen molar-refractivity contribution in [3.63, 3.8) is 0 Å². The summed E-state index contributed by atoms with van der Waals surface area (Å²) in [6.45, 7) is 9.50. The Labute approximate surface area is 268 Å². The molecule has 3 aromatic rings. The molecule has 1 fully saturated rings. The number of carbonyl (C=O) groups is 3. The minimum absolute atomic E-state index is 0.201. The van der Waals surface area contributed by atoms with Crippen molar-refractivity contribution >= 4 is 41.1 Å². The Morgan fingerprint density at radius 1 is 1.02 bits per heavy atom. The van der Waals surface area contributed by atoms with Gasteiger partial charge in [0.05, 0.1) is 11.9 Å². The number of hydrogen-bond acceptors (Lipinski definition) is 6. The first kappa shape index (κ1) is 33.4. The molecular formula is C34H40ClN3O5S. The number of thioether (sulfide) groups is 1. The third-order valence-electron chi connectivity index (χ3n) is 7.84. The van der Waals surface area contributed by atoms with Crippen LogP contribution in [-0.4, -0.2) is 63.1 Å². The number of amides is 3. The van der Waals surface area contributed by atoms with Gasteiger partial charge in [0.15, 0.2) is 12.7 Å². The standard InChI is InChI=1S/C34H40ClN3O5S/c1-21-11-9-10-14-25(21)18-36-32(41)31-34(4,5)44-20-38(31)33(42)29(40)27(17-24-12-7-6-8-13-24)37-28(39)19-43-30-22(2)15-26(35)16-23(30)3/h6-16,27,29,31,40H,17-20H2,1-5H3,(H,36,41)(H,37,39)/t27-,29-,31+/m0/s1. The number of hydrogen-bond donors (Lipinski definition) is 3. The third kappa shape index (κ3) is 8.14.